The van der Waals surface area contributed by atoms with Gasteiger partial charge in [0.25, 0.3) is 0 Å². The molecule has 1 unspecified atom stereocenters. The Balaban J connectivity index is 2.30. The summed E-state index contributed by atoms with van der Waals surface area (Å²) >= 11 is 9.31. The number of benzene rings is 2. The summed E-state index contributed by atoms with van der Waals surface area (Å²) in [4.78, 5) is 0. The Hall–Kier alpha value is -1.10. The number of methoxy groups -OCH3 is 1. The van der Waals surface area contributed by atoms with Crippen molar-refractivity contribution in [3.8, 4) is 5.75 Å². The summed E-state index contributed by atoms with van der Waals surface area (Å²) in [6.45, 7) is 0. The minimum atomic E-state index is -0.396. The predicted molar refractivity (Wildman–Crippen MR) is 82.7 cm³/mol. The van der Waals surface area contributed by atoms with Gasteiger partial charge < -0.3 is 10.5 Å². The van der Waals surface area contributed by atoms with Crippen LogP contribution in [0.25, 0.3) is 0 Å². The molecule has 2 aromatic rings. The van der Waals surface area contributed by atoms with E-state index in [1.165, 1.54) is 6.07 Å². The molecular weight excluding hydrogens is 345 g/mol. The summed E-state index contributed by atoms with van der Waals surface area (Å²) < 4.78 is 19.9. The Kier molecular flexibility index (Phi) is 5.02. The molecule has 2 N–H and O–H groups in total. The van der Waals surface area contributed by atoms with E-state index in [0.717, 1.165) is 10.0 Å². The van der Waals surface area contributed by atoms with Gasteiger partial charge in [0.1, 0.15) is 11.6 Å². The van der Waals surface area contributed by atoms with Crippen molar-refractivity contribution in [1.82, 2.24) is 0 Å². The van der Waals surface area contributed by atoms with Crippen LogP contribution in [0.2, 0.25) is 5.02 Å². The molecule has 2 nitrogen and oxygen atoms in total. The maximum Gasteiger partial charge on any atom is 0.126 e. The molecule has 2 aromatic carbocycles. The first-order valence-corrected chi connectivity index (χ1v) is 7.21. The Morgan fingerprint density at radius 3 is 2.75 bits per heavy atom. The molecule has 0 aliphatic carbocycles. The van der Waals surface area contributed by atoms with E-state index in [2.05, 4.69) is 15.9 Å². The summed E-state index contributed by atoms with van der Waals surface area (Å²) in [5, 5.41) is 0.575. The molecule has 0 radical (unpaired) electrons. The summed E-state index contributed by atoms with van der Waals surface area (Å²) in [7, 11) is 1.57. The number of halogens is 3. The van der Waals surface area contributed by atoms with Gasteiger partial charge in [0.2, 0.25) is 0 Å². The van der Waals surface area contributed by atoms with Crippen LogP contribution in [0.15, 0.2) is 40.9 Å². The van der Waals surface area contributed by atoms with Crippen LogP contribution in [0, 0.1) is 5.82 Å². The third-order valence-corrected chi connectivity index (χ3v) is 3.77. The quantitative estimate of drug-likeness (QED) is 0.874. The monoisotopic (exact) mass is 357 g/mol. The number of hydrogen-bond acceptors (Lipinski definition) is 2. The summed E-state index contributed by atoms with van der Waals surface area (Å²) in [6.07, 6.45) is 0.363. The Morgan fingerprint density at radius 2 is 2.05 bits per heavy atom. The second-order valence-electron chi connectivity index (χ2n) is 4.43. The van der Waals surface area contributed by atoms with Gasteiger partial charge in [-0.3, -0.25) is 0 Å². The fourth-order valence-corrected chi connectivity index (χ4v) is 2.63. The van der Waals surface area contributed by atoms with Gasteiger partial charge >= 0.3 is 0 Å². The lowest BCUT2D eigenvalue weighted by Crippen LogP contribution is -2.15. The fraction of sp³-hybridized carbons (Fsp3) is 0.200. The zero-order chi connectivity index (χ0) is 14.7. The number of rotatable bonds is 4. The molecule has 0 saturated carbocycles. The highest BCUT2D eigenvalue weighted by molar-refractivity contribution is 9.10. The van der Waals surface area contributed by atoms with E-state index < -0.39 is 6.04 Å². The lowest BCUT2D eigenvalue weighted by molar-refractivity contribution is 0.405. The highest BCUT2D eigenvalue weighted by atomic mass is 79.9. The third-order valence-electron chi connectivity index (χ3n) is 3.04. The largest absolute Gasteiger partial charge is 0.496 e. The molecule has 0 fully saturated rings. The van der Waals surface area contributed by atoms with E-state index in [1.54, 1.807) is 37.4 Å². The Morgan fingerprint density at radius 1 is 1.30 bits per heavy atom. The highest BCUT2D eigenvalue weighted by Gasteiger charge is 2.15. The number of hydrogen-bond donors (Lipinski definition) is 1. The Bertz CT molecular complexity index is 621. The van der Waals surface area contributed by atoms with Crippen molar-refractivity contribution in [2.45, 2.75) is 12.5 Å². The van der Waals surface area contributed by atoms with Crippen LogP contribution >= 0.6 is 27.5 Å². The standard InChI is InChI=1S/C15H14BrClFNO/c1-20-15-5-3-11(17)8-12(15)14(19)7-9-6-10(16)2-4-13(9)18/h2-6,8,14H,7,19H2,1H3. The molecule has 0 aromatic heterocycles. The van der Waals surface area contributed by atoms with Gasteiger partial charge in [0.15, 0.2) is 0 Å². The first-order chi connectivity index (χ1) is 9.51. The molecule has 0 amide bonds. The number of nitrogens with two attached hydrogens (primary N) is 1. The summed E-state index contributed by atoms with van der Waals surface area (Å²) in [6, 6.07) is 9.65. The van der Waals surface area contributed by atoms with Crippen molar-refractivity contribution in [3.63, 3.8) is 0 Å². The average molecular weight is 359 g/mol. The SMILES string of the molecule is COc1ccc(Cl)cc1C(N)Cc1cc(Br)ccc1F. The molecule has 0 aliphatic rings. The van der Waals surface area contributed by atoms with Crippen LogP contribution in [-0.4, -0.2) is 7.11 Å². The van der Waals surface area contributed by atoms with Crippen LogP contribution in [0.3, 0.4) is 0 Å². The van der Waals surface area contributed by atoms with Crippen LogP contribution in [-0.2, 0) is 6.42 Å². The lowest BCUT2D eigenvalue weighted by Gasteiger charge is -2.16. The zero-order valence-corrected chi connectivity index (χ0v) is 13.2. The molecule has 106 valence electrons. The van der Waals surface area contributed by atoms with Gasteiger partial charge in [0.05, 0.1) is 7.11 Å². The van der Waals surface area contributed by atoms with Gasteiger partial charge in [-0.15, -0.1) is 0 Å². The van der Waals surface area contributed by atoms with Crippen LogP contribution in [0.5, 0.6) is 5.75 Å². The van der Waals surface area contributed by atoms with Gasteiger partial charge in [-0.05, 0) is 48.4 Å². The molecule has 0 spiro atoms. The topological polar surface area (TPSA) is 35.2 Å². The molecule has 0 saturated heterocycles. The third kappa shape index (κ3) is 3.51. The zero-order valence-electron chi connectivity index (χ0n) is 10.9. The van der Waals surface area contributed by atoms with E-state index in [9.17, 15) is 4.39 Å². The van der Waals surface area contributed by atoms with E-state index in [4.69, 9.17) is 22.1 Å². The predicted octanol–water partition coefficient (Wildman–Crippen LogP) is 4.49. The van der Waals surface area contributed by atoms with Crippen molar-refractivity contribution in [2.24, 2.45) is 5.73 Å². The second-order valence-corrected chi connectivity index (χ2v) is 5.78. The molecule has 20 heavy (non-hydrogen) atoms. The van der Waals surface area contributed by atoms with Crippen molar-refractivity contribution in [3.05, 3.63) is 62.8 Å². The van der Waals surface area contributed by atoms with Gasteiger partial charge in [0, 0.05) is 21.1 Å². The maximum absolute atomic E-state index is 13.8. The van der Waals surface area contributed by atoms with E-state index >= 15 is 0 Å². The summed E-state index contributed by atoms with van der Waals surface area (Å²) in [5.41, 5.74) is 7.48. The average Bonchev–Trinajstić information content (AvgIpc) is 2.42. The first-order valence-electron chi connectivity index (χ1n) is 6.04. The van der Waals surface area contributed by atoms with Crippen LogP contribution in [0.4, 0.5) is 4.39 Å². The van der Waals surface area contributed by atoms with Crippen molar-refractivity contribution < 1.29 is 9.13 Å². The molecule has 1 atom stereocenters. The van der Waals surface area contributed by atoms with Crippen LogP contribution in [0.1, 0.15) is 17.2 Å². The van der Waals surface area contributed by atoms with Crippen molar-refractivity contribution >= 4 is 27.5 Å². The minimum absolute atomic E-state index is 0.273. The Labute approximate surface area is 130 Å². The van der Waals surface area contributed by atoms with E-state index in [-0.39, 0.29) is 5.82 Å². The lowest BCUT2D eigenvalue weighted by atomic mass is 9.98. The minimum Gasteiger partial charge on any atom is -0.496 e. The normalized spacial score (nSPS) is 12.2. The van der Waals surface area contributed by atoms with Gasteiger partial charge in [-0.2, -0.15) is 0 Å². The van der Waals surface area contributed by atoms with Crippen molar-refractivity contribution in [1.29, 1.82) is 0 Å². The molecule has 0 heterocycles. The van der Waals surface area contributed by atoms with Crippen LogP contribution < -0.4 is 10.5 Å². The first kappa shape index (κ1) is 15.3. The molecule has 0 aliphatic heterocycles. The maximum atomic E-state index is 13.8. The van der Waals surface area contributed by atoms with Crippen molar-refractivity contribution in [2.75, 3.05) is 7.11 Å². The molecule has 5 heteroatoms. The van der Waals surface area contributed by atoms with Gasteiger partial charge in [-0.25, -0.2) is 4.39 Å². The molecular formula is C15H14BrClFNO. The smallest absolute Gasteiger partial charge is 0.126 e. The number of ether oxygens (including phenoxy) is 1. The van der Waals surface area contributed by atoms with E-state index in [0.29, 0.717) is 22.8 Å². The molecule has 2 rings (SSSR count). The van der Waals surface area contributed by atoms with Gasteiger partial charge in [-0.1, -0.05) is 27.5 Å². The second kappa shape index (κ2) is 6.57. The van der Waals surface area contributed by atoms with E-state index in [1.807, 2.05) is 0 Å². The summed E-state index contributed by atoms with van der Waals surface area (Å²) in [5.74, 6) is 0.377. The highest BCUT2D eigenvalue weighted by Crippen LogP contribution is 2.30. The molecule has 0 bridgehead atoms. The fourth-order valence-electron chi connectivity index (χ4n) is 2.04.